The molecule has 0 aliphatic carbocycles. The first kappa shape index (κ1) is 21.1. The van der Waals surface area contributed by atoms with Crippen LogP contribution >= 0.6 is 0 Å². The third-order valence-corrected chi connectivity index (χ3v) is 5.74. The summed E-state index contributed by atoms with van der Waals surface area (Å²) in [6.07, 6.45) is -1.68. The van der Waals surface area contributed by atoms with E-state index in [1.807, 2.05) is 25.1 Å². The summed E-state index contributed by atoms with van der Waals surface area (Å²) in [5, 5.41) is 14.0. The fourth-order valence-corrected chi connectivity index (χ4v) is 4.19. The molecule has 7 nitrogen and oxygen atoms in total. The molecule has 9 heteroatoms. The maximum Gasteiger partial charge on any atom is 0.248 e. The van der Waals surface area contributed by atoms with Crippen molar-refractivity contribution in [2.75, 3.05) is 24.3 Å². The molecule has 0 radical (unpaired) electrons. The number of benzene rings is 2. The molecular weight excluding hydrogens is 397 g/mol. The van der Waals surface area contributed by atoms with E-state index in [-0.39, 0.29) is 17.5 Å². The molecular formula is C20H24FN3O4S. The summed E-state index contributed by atoms with van der Waals surface area (Å²) in [6, 6.07) is 10.8. The van der Waals surface area contributed by atoms with E-state index in [2.05, 4.69) is 10.0 Å². The number of hydrogen-bond donors (Lipinski definition) is 3. The summed E-state index contributed by atoms with van der Waals surface area (Å²) in [4.78, 5) is 1.33. The Hall–Kier alpha value is -2.62. The Morgan fingerprint density at radius 1 is 1.14 bits per heavy atom. The number of hydrogen-bond acceptors (Lipinski definition) is 6. The van der Waals surface area contributed by atoms with E-state index in [9.17, 15) is 17.9 Å². The standard InChI is InChI=1S/C20H24FN3O4S/c1-12(2)22-16-7-5-6-15(21)19(16)29(26,27)23-20(25)18-10-13-8-9-14(24(3)4)11-17(13)28-18/h5-12,20,22-23,25H,1-4H3. The number of sulfonamides is 1. The van der Waals surface area contributed by atoms with E-state index in [4.69, 9.17) is 4.42 Å². The van der Waals surface area contributed by atoms with Gasteiger partial charge in [0.15, 0.2) is 6.23 Å². The Morgan fingerprint density at radius 3 is 2.52 bits per heavy atom. The number of aliphatic hydroxyl groups is 1. The van der Waals surface area contributed by atoms with Gasteiger partial charge >= 0.3 is 0 Å². The molecule has 2 aromatic carbocycles. The molecule has 0 amide bonds. The molecule has 0 spiro atoms. The highest BCUT2D eigenvalue weighted by atomic mass is 32.2. The van der Waals surface area contributed by atoms with Crippen LogP contribution in [0.1, 0.15) is 25.8 Å². The van der Waals surface area contributed by atoms with Crippen molar-refractivity contribution >= 4 is 32.4 Å². The topological polar surface area (TPSA) is 94.8 Å². The summed E-state index contributed by atoms with van der Waals surface area (Å²) in [7, 11) is -0.619. The Morgan fingerprint density at radius 2 is 1.86 bits per heavy atom. The van der Waals surface area contributed by atoms with Crippen molar-refractivity contribution in [1.29, 1.82) is 0 Å². The molecule has 0 fully saturated rings. The van der Waals surface area contributed by atoms with Crippen LogP contribution in [0.5, 0.6) is 0 Å². The van der Waals surface area contributed by atoms with Gasteiger partial charge in [0.2, 0.25) is 10.0 Å². The van der Waals surface area contributed by atoms with Crippen LogP contribution in [-0.4, -0.2) is 33.7 Å². The molecule has 1 unspecified atom stereocenters. The van der Waals surface area contributed by atoms with Gasteiger partial charge in [0.1, 0.15) is 22.1 Å². The molecule has 0 aliphatic rings. The van der Waals surface area contributed by atoms with Gasteiger partial charge in [-0.05, 0) is 44.2 Å². The first-order valence-corrected chi connectivity index (χ1v) is 10.5. The smallest absolute Gasteiger partial charge is 0.248 e. The molecule has 29 heavy (non-hydrogen) atoms. The summed E-state index contributed by atoms with van der Waals surface area (Å²) < 4.78 is 47.7. The molecule has 3 rings (SSSR count). The normalized spacial score (nSPS) is 13.1. The SMILES string of the molecule is CC(C)Nc1cccc(F)c1S(=O)(=O)NC(O)c1cc2ccc(N(C)C)cc2o1. The van der Waals surface area contributed by atoms with Gasteiger partial charge < -0.3 is 19.7 Å². The second kappa shape index (κ2) is 8.02. The van der Waals surface area contributed by atoms with Crippen molar-refractivity contribution in [1.82, 2.24) is 4.72 Å². The van der Waals surface area contributed by atoms with Gasteiger partial charge in [0, 0.05) is 37.3 Å². The summed E-state index contributed by atoms with van der Waals surface area (Å²) in [6.45, 7) is 3.61. The minimum atomic E-state index is -4.38. The first-order valence-electron chi connectivity index (χ1n) is 9.05. The Labute approximate surface area is 169 Å². The van der Waals surface area contributed by atoms with Crippen LogP contribution in [0.25, 0.3) is 11.0 Å². The van der Waals surface area contributed by atoms with Crippen molar-refractivity contribution in [3.8, 4) is 0 Å². The van der Waals surface area contributed by atoms with Gasteiger partial charge in [-0.25, -0.2) is 12.8 Å². The number of nitrogens with one attached hydrogen (secondary N) is 2. The maximum absolute atomic E-state index is 14.4. The fraction of sp³-hybridized carbons (Fsp3) is 0.300. The van der Waals surface area contributed by atoms with Crippen LogP contribution in [0.2, 0.25) is 0 Å². The third kappa shape index (κ3) is 4.52. The molecule has 156 valence electrons. The van der Waals surface area contributed by atoms with Gasteiger partial charge in [-0.15, -0.1) is 0 Å². The van der Waals surface area contributed by atoms with Gasteiger partial charge in [0.05, 0.1) is 5.69 Å². The number of anilines is 2. The van der Waals surface area contributed by atoms with E-state index >= 15 is 0 Å². The lowest BCUT2D eigenvalue weighted by Crippen LogP contribution is -2.30. The predicted octanol–water partition coefficient (Wildman–Crippen LogP) is 3.43. The Balaban J connectivity index is 1.92. The number of aliphatic hydroxyl groups excluding tert-OH is 1. The van der Waals surface area contributed by atoms with Gasteiger partial charge in [0.25, 0.3) is 0 Å². The van der Waals surface area contributed by atoms with E-state index in [0.717, 1.165) is 11.8 Å². The summed E-state index contributed by atoms with van der Waals surface area (Å²) in [5.41, 5.74) is 1.50. The zero-order valence-electron chi connectivity index (χ0n) is 16.6. The van der Waals surface area contributed by atoms with Crippen LogP contribution < -0.4 is 14.9 Å². The zero-order valence-corrected chi connectivity index (χ0v) is 17.4. The number of fused-ring (bicyclic) bond motifs is 1. The highest BCUT2D eigenvalue weighted by Crippen LogP contribution is 2.29. The first-order chi connectivity index (χ1) is 13.6. The lowest BCUT2D eigenvalue weighted by molar-refractivity contribution is 0.141. The average molecular weight is 421 g/mol. The van der Waals surface area contributed by atoms with Crippen molar-refractivity contribution in [2.45, 2.75) is 31.0 Å². The van der Waals surface area contributed by atoms with Crippen LogP contribution in [0, 0.1) is 5.82 Å². The van der Waals surface area contributed by atoms with Crippen LogP contribution in [0.4, 0.5) is 15.8 Å². The van der Waals surface area contributed by atoms with Gasteiger partial charge in [-0.3, -0.25) is 0 Å². The maximum atomic E-state index is 14.4. The van der Waals surface area contributed by atoms with Crippen LogP contribution in [-0.2, 0) is 10.0 Å². The van der Waals surface area contributed by atoms with Crippen molar-refractivity contribution in [3.05, 3.63) is 54.0 Å². The predicted molar refractivity (Wildman–Crippen MR) is 111 cm³/mol. The summed E-state index contributed by atoms with van der Waals surface area (Å²) in [5.74, 6) is -0.912. The number of furan rings is 1. The van der Waals surface area contributed by atoms with E-state index < -0.39 is 27.0 Å². The minimum Gasteiger partial charge on any atom is -0.457 e. The molecule has 0 aliphatic heterocycles. The number of rotatable bonds is 7. The van der Waals surface area contributed by atoms with Crippen molar-refractivity contribution in [3.63, 3.8) is 0 Å². The second-order valence-electron chi connectivity index (χ2n) is 7.20. The average Bonchev–Trinajstić information content (AvgIpc) is 3.04. The largest absolute Gasteiger partial charge is 0.457 e. The minimum absolute atomic E-state index is 0.00851. The molecule has 1 heterocycles. The van der Waals surface area contributed by atoms with Crippen LogP contribution in [0.3, 0.4) is 0 Å². The molecule has 0 saturated carbocycles. The van der Waals surface area contributed by atoms with Crippen molar-refractivity contribution < 1.29 is 22.3 Å². The van der Waals surface area contributed by atoms with Crippen LogP contribution in [0.15, 0.2) is 51.8 Å². The molecule has 1 aromatic heterocycles. The molecule has 0 saturated heterocycles. The molecule has 0 bridgehead atoms. The van der Waals surface area contributed by atoms with Gasteiger partial charge in [-0.1, -0.05) is 6.07 Å². The fourth-order valence-electron chi connectivity index (χ4n) is 2.92. The highest BCUT2D eigenvalue weighted by molar-refractivity contribution is 7.89. The Bertz CT molecular complexity index is 1130. The van der Waals surface area contributed by atoms with Crippen molar-refractivity contribution in [2.24, 2.45) is 0 Å². The van der Waals surface area contributed by atoms with E-state index in [0.29, 0.717) is 11.0 Å². The molecule has 3 N–H and O–H groups in total. The molecule has 1 atom stereocenters. The van der Waals surface area contributed by atoms with Gasteiger partial charge in [-0.2, -0.15) is 4.72 Å². The quantitative estimate of drug-likeness (QED) is 0.506. The lowest BCUT2D eigenvalue weighted by Gasteiger charge is -2.17. The molecule has 3 aromatic rings. The monoisotopic (exact) mass is 421 g/mol. The second-order valence-corrected chi connectivity index (χ2v) is 8.86. The lowest BCUT2D eigenvalue weighted by atomic mass is 10.2. The zero-order chi connectivity index (χ0) is 21.3. The van der Waals surface area contributed by atoms with E-state index in [1.165, 1.54) is 18.2 Å². The summed E-state index contributed by atoms with van der Waals surface area (Å²) >= 11 is 0. The third-order valence-electron chi connectivity index (χ3n) is 4.26. The number of nitrogens with zero attached hydrogens (tertiary/aromatic N) is 1. The van der Waals surface area contributed by atoms with E-state index in [1.54, 1.807) is 26.0 Å². The Kier molecular flexibility index (Phi) is 5.83. The number of halogens is 1. The highest BCUT2D eigenvalue weighted by Gasteiger charge is 2.28.